The molecule has 0 saturated heterocycles. The second-order valence-corrected chi connectivity index (χ2v) is 2.35. The van der Waals surface area contributed by atoms with Crippen molar-refractivity contribution in [3.05, 3.63) is 30.1 Å². The summed E-state index contributed by atoms with van der Waals surface area (Å²) in [5.41, 5.74) is 0.627. The number of rotatable bonds is 1. The van der Waals surface area contributed by atoms with E-state index in [1.807, 2.05) is 20.2 Å². The molecule has 0 atom stereocenters. The molecule has 0 N–H and O–H groups in total. The smallest absolute Gasteiger partial charge is 0.146 e. The number of para-hydroxylation sites is 1. The third-order valence-electron chi connectivity index (χ3n) is 1.33. The Morgan fingerprint density at radius 2 is 1.80 bits per heavy atom. The molecule has 0 fully saturated rings. The molecule has 0 amide bonds. The lowest BCUT2D eigenvalue weighted by atomic mass is 10.3. The second-order valence-electron chi connectivity index (χ2n) is 2.35. The van der Waals surface area contributed by atoms with Crippen LogP contribution in [0, 0.1) is 5.82 Å². The van der Waals surface area contributed by atoms with Crippen LogP contribution in [0.1, 0.15) is 0 Å². The summed E-state index contributed by atoms with van der Waals surface area (Å²) in [5, 5.41) is 0. The first-order chi connectivity index (χ1) is 4.72. The van der Waals surface area contributed by atoms with Gasteiger partial charge in [-0.15, -0.1) is 0 Å². The van der Waals surface area contributed by atoms with Crippen molar-refractivity contribution in [2.45, 2.75) is 0 Å². The van der Waals surface area contributed by atoms with Gasteiger partial charge in [-0.2, -0.15) is 0 Å². The van der Waals surface area contributed by atoms with Crippen molar-refractivity contribution in [1.82, 2.24) is 0 Å². The van der Waals surface area contributed by atoms with Crippen molar-refractivity contribution in [3.63, 3.8) is 0 Å². The van der Waals surface area contributed by atoms with E-state index in [0.29, 0.717) is 5.69 Å². The van der Waals surface area contributed by atoms with Gasteiger partial charge in [-0.25, -0.2) is 4.39 Å². The summed E-state index contributed by atoms with van der Waals surface area (Å²) in [4.78, 5) is 1.75. The molecule has 0 bridgehead atoms. The number of benzene rings is 1. The normalized spacial score (nSPS) is 9.50. The molecule has 0 heterocycles. The maximum absolute atomic E-state index is 12.8. The molecule has 54 valence electrons. The first kappa shape index (κ1) is 7.06. The quantitative estimate of drug-likeness (QED) is 0.572. The molecule has 0 aliphatic heterocycles. The summed E-state index contributed by atoms with van der Waals surface area (Å²) >= 11 is 0. The van der Waals surface area contributed by atoms with Crippen molar-refractivity contribution >= 4 is 5.69 Å². The van der Waals surface area contributed by atoms with E-state index in [1.165, 1.54) is 6.07 Å². The second kappa shape index (κ2) is 2.69. The Balaban J connectivity index is 3.03. The van der Waals surface area contributed by atoms with E-state index in [9.17, 15) is 4.39 Å². The number of anilines is 1. The van der Waals surface area contributed by atoms with Gasteiger partial charge in [0.15, 0.2) is 0 Å². The van der Waals surface area contributed by atoms with E-state index in [4.69, 9.17) is 0 Å². The van der Waals surface area contributed by atoms with Crippen LogP contribution in [0.15, 0.2) is 24.3 Å². The average Bonchev–Trinajstić information content (AvgIpc) is 1.88. The molecular weight excluding hydrogens is 128 g/mol. The highest BCUT2D eigenvalue weighted by Gasteiger charge is 1.99. The summed E-state index contributed by atoms with van der Waals surface area (Å²) in [5.74, 6) is -0.174. The standard InChI is InChI=1S/C8H10FN/c1-10(2)8-6-4-3-5-7(8)9/h3-6H,1-2H3/i9-1. The van der Waals surface area contributed by atoms with Crippen LogP contribution in [0.4, 0.5) is 10.1 Å². The van der Waals surface area contributed by atoms with E-state index < -0.39 is 0 Å². The summed E-state index contributed by atoms with van der Waals surface area (Å²) < 4.78 is 12.8. The lowest BCUT2D eigenvalue weighted by Gasteiger charge is -2.11. The maximum Gasteiger partial charge on any atom is 0.146 e. The van der Waals surface area contributed by atoms with Crippen LogP contribution in [0.5, 0.6) is 0 Å². The van der Waals surface area contributed by atoms with Gasteiger partial charge in [0.1, 0.15) is 5.82 Å². The minimum absolute atomic E-state index is 0.174. The minimum Gasteiger partial charge on any atom is -0.375 e. The van der Waals surface area contributed by atoms with Crippen molar-refractivity contribution in [3.8, 4) is 0 Å². The van der Waals surface area contributed by atoms with E-state index in [0.717, 1.165) is 0 Å². The Bertz CT molecular complexity index is 220. The molecule has 0 spiro atoms. The SMILES string of the molecule is CN(C)c1ccccc1[18F]. The molecule has 0 aliphatic rings. The molecule has 0 unspecified atom stereocenters. The summed E-state index contributed by atoms with van der Waals surface area (Å²) in [6.07, 6.45) is 0. The first-order valence-corrected chi connectivity index (χ1v) is 3.13. The Labute approximate surface area is 60.1 Å². The van der Waals surface area contributed by atoms with E-state index in [2.05, 4.69) is 0 Å². The van der Waals surface area contributed by atoms with Crippen LogP contribution in [0.2, 0.25) is 0 Å². The monoisotopic (exact) mass is 138 g/mol. The fourth-order valence-corrected chi connectivity index (χ4v) is 0.814. The van der Waals surface area contributed by atoms with Crippen LogP contribution in [0.25, 0.3) is 0 Å². The van der Waals surface area contributed by atoms with E-state index in [-0.39, 0.29) is 5.82 Å². The van der Waals surface area contributed by atoms with E-state index >= 15 is 0 Å². The van der Waals surface area contributed by atoms with Crippen LogP contribution in [0.3, 0.4) is 0 Å². The van der Waals surface area contributed by atoms with Gasteiger partial charge >= 0.3 is 0 Å². The third-order valence-corrected chi connectivity index (χ3v) is 1.33. The molecule has 10 heavy (non-hydrogen) atoms. The Morgan fingerprint density at radius 1 is 1.20 bits per heavy atom. The number of hydrogen-bond donors (Lipinski definition) is 0. The van der Waals surface area contributed by atoms with Gasteiger partial charge < -0.3 is 4.90 Å². The van der Waals surface area contributed by atoms with Gasteiger partial charge in [-0.3, -0.25) is 0 Å². The molecule has 1 aromatic carbocycles. The number of halogens is 1. The average molecular weight is 138 g/mol. The molecule has 0 aliphatic carbocycles. The van der Waals surface area contributed by atoms with Gasteiger partial charge in [-0.05, 0) is 12.1 Å². The molecule has 2 heteroatoms. The summed E-state index contributed by atoms with van der Waals surface area (Å²) in [6.45, 7) is 0. The fraction of sp³-hybridized carbons (Fsp3) is 0.250. The zero-order valence-electron chi connectivity index (χ0n) is 6.13. The predicted molar refractivity (Wildman–Crippen MR) is 40.7 cm³/mol. The predicted octanol–water partition coefficient (Wildman–Crippen LogP) is 1.89. The fourth-order valence-electron chi connectivity index (χ4n) is 0.814. The van der Waals surface area contributed by atoms with Crippen LogP contribution in [-0.2, 0) is 0 Å². The summed E-state index contributed by atoms with van der Waals surface area (Å²) in [7, 11) is 3.64. The van der Waals surface area contributed by atoms with Gasteiger partial charge in [0.25, 0.3) is 0 Å². The third kappa shape index (κ3) is 1.26. The van der Waals surface area contributed by atoms with E-state index in [1.54, 1.807) is 17.0 Å². The molecular formula is C8H10FN. The first-order valence-electron chi connectivity index (χ1n) is 3.13. The lowest BCUT2D eigenvalue weighted by molar-refractivity contribution is 0.626. The highest BCUT2D eigenvalue weighted by molar-refractivity contribution is 5.45. The zero-order valence-corrected chi connectivity index (χ0v) is 6.13. The molecule has 1 nitrogen and oxygen atoms in total. The van der Waals surface area contributed by atoms with Crippen molar-refractivity contribution in [2.24, 2.45) is 0 Å². The summed E-state index contributed by atoms with van der Waals surface area (Å²) in [6, 6.07) is 6.70. The van der Waals surface area contributed by atoms with Crippen molar-refractivity contribution in [2.75, 3.05) is 19.0 Å². The molecule has 0 saturated carbocycles. The van der Waals surface area contributed by atoms with Crippen LogP contribution >= 0.6 is 0 Å². The largest absolute Gasteiger partial charge is 0.375 e. The van der Waals surface area contributed by atoms with Crippen molar-refractivity contribution in [1.29, 1.82) is 0 Å². The Hall–Kier alpha value is -1.05. The Morgan fingerprint density at radius 3 is 2.20 bits per heavy atom. The van der Waals surface area contributed by atoms with Gasteiger partial charge in [-0.1, -0.05) is 12.1 Å². The van der Waals surface area contributed by atoms with Crippen LogP contribution < -0.4 is 4.90 Å². The number of hydrogen-bond acceptors (Lipinski definition) is 1. The van der Waals surface area contributed by atoms with Gasteiger partial charge in [0.2, 0.25) is 0 Å². The maximum atomic E-state index is 12.8. The Kier molecular flexibility index (Phi) is 1.90. The zero-order chi connectivity index (χ0) is 7.56. The highest BCUT2D eigenvalue weighted by atomic mass is 18.2. The molecule has 0 radical (unpaired) electrons. The topological polar surface area (TPSA) is 3.24 Å². The molecule has 1 rings (SSSR count). The highest BCUT2D eigenvalue weighted by Crippen LogP contribution is 2.14. The van der Waals surface area contributed by atoms with Crippen molar-refractivity contribution < 1.29 is 4.39 Å². The van der Waals surface area contributed by atoms with Crippen LogP contribution in [-0.4, -0.2) is 14.1 Å². The lowest BCUT2D eigenvalue weighted by Crippen LogP contribution is -2.09. The van der Waals surface area contributed by atoms with Gasteiger partial charge in [0, 0.05) is 14.1 Å². The molecule has 1 aromatic rings. The number of nitrogens with zero attached hydrogens (tertiary/aromatic N) is 1. The van der Waals surface area contributed by atoms with Gasteiger partial charge in [0.05, 0.1) is 5.69 Å². The minimum atomic E-state index is -0.174. The molecule has 0 aromatic heterocycles.